The highest BCUT2D eigenvalue weighted by Gasteiger charge is 2.45. The molecule has 1 aromatic carbocycles. The van der Waals surface area contributed by atoms with E-state index in [1.165, 1.54) is 53.7 Å². The van der Waals surface area contributed by atoms with Gasteiger partial charge in [0, 0.05) is 54.4 Å². The molecule has 2 heterocycles. The van der Waals surface area contributed by atoms with Crippen molar-refractivity contribution in [3.05, 3.63) is 17.7 Å². The Morgan fingerprint density at radius 3 is 1.16 bits per heavy atom. The van der Waals surface area contributed by atoms with Crippen molar-refractivity contribution in [1.82, 2.24) is 0 Å². The number of aliphatic hydroxyl groups excluding tert-OH is 1. The summed E-state index contributed by atoms with van der Waals surface area (Å²) in [6, 6.07) is 2.94. The second-order valence-corrected chi connectivity index (χ2v) is 18.7. The summed E-state index contributed by atoms with van der Waals surface area (Å²) in [5.74, 6) is -3.86. The summed E-state index contributed by atoms with van der Waals surface area (Å²) in [6.45, 7) is 13.9. The molecule has 28 nitrogen and oxygen atoms in total. The third kappa shape index (κ3) is 30.4. The predicted octanol–water partition coefficient (Wildman–Crippen LogP) is 1.99. The van der Waals surface area contributed by atoms with Crippen molar-refractivity contribution in [1.29, 1.82) is 0 Å². The van der Waals surface area contributed by atoms with Crippen molar-refractivity contribution >= 4 is 41.8 Å². The molecule has 0 amide bonds. The minimum Gasteiger partial charge on any atom is -0.487 e. The van der Waals surface area contributed by atoms with Crippen LogP contribution in [0, 0.1) is 0 Å². The first-order valence-corrected chi connectivity index (χ1v) is 26.5. The molecule has 2 saturated heterocycles. The van der Waals surface area contributed by atoms with Crippen LogP contribution in [0.3, 0.4) is 0 Å². The summed E-state index contributed by atoms with van der Waals surface area (Å²) in [5, 5.41) is 8.96. The first-order chi connectivity index (χ1) is 38.6. The number of carbonyl (C=O) groups excluding carboxylic acids is 7. The van der Waals surface area contributed by atoms with Gasteiger partial charge in [-0.15, -0.1) is 0 Å². The molecule has 1 N–H and O–H groups in total. The van der Waals surface area contributed by atoms with Crippen LogP contribution in [0.5, 0.6) is 17.2 Å². The molecule has 2 aliphatic heterocycles. The van der Waals surface area contributed by atoms with E-state index >= 15 is 0 Å². The van der Waals surface area contributed by atoms with E-state index in [1.54, 1.807) is 20.8 Å². The second kappa shape index (κ2) is 39.0. The lowest BCUT2D eigenvalue weighted by Crippen LogP contribution is -2.54. The Morgan fingerprint density at radius 1 is 0.469 bits per heavy atom. The van der Waals surface area contributed by atoms with Crippen molar-refractivity contribution in [3.8, 4) is 17.2 Å². The number of esters is 7. The monoisotopic (exact) mass is 1170 g/mol. The van der Waals surface area contributed by atoms with E-state index in [1.807, 2.05) is 0 Å². The summed E-state index contributed by atoms with van der Waals surface area (Å²) in [7, 11) is 0. The molecule has 0 bridgehead atoms. The molecule has 0 spiro atoms. The Bertz CT molecular complexity index is 2040. The topological polar surface area (TPSA) is 324 Å². The lowest BCUT2D eigenvalue weighted by molar-refractivity contribution is -0.267. The molecular weight excluding hydrogens is 1080 g/mol. The van der Waals surface area contributed by atoms with Crippen LogP contribution < -0.4 is 14.2 Å². The highest BCUT2D eigenvalue weighted by Crippen LogP contribution is 2.40. The fraction of sp³-hybridized carbons (Fsp3) is 0.755. The summed E-state index contributed by atoms with van der Waals surface area (Å²) in [5.41, 5.74) is -0.708. The lowest BCUT2D eigenvalue weighted by atomic mass is 10.0. The number of rotatable bonds is 40. The lowest BCUT2D eigenvalue weighted by Gasteiger charge is -2.39. The van der Waals surface area contributed by atoms with Gasteiger partial charge in [0.1, 0.15) is 63.1 Å². The maximum atomic E-state index is 13.4. The third-order valence-electron chi connectivity index (χ3n) is 10.6. The maximum absolute atomic E-state index is 13.4. The van der Waals surface area contributed by atoms with E-state index in [2.05, 4.69) is 0 Å². The zero-order valence-electron chi connectivity index (χ0n) is 47.8. The highest BCUT2D eigenvalue weighted by atomic mass is 16.7. The van der Waals surface area contributed by atoms with Gasteiger partial charge in [-0.1, -0.05) is 0 Å². The molecule has 8 atom stereocenters. The number of aliphatic hydroxyl groups is 1. The van der Waals surface area contributed by atoms with E-state index in [0.29, 0.717) is 0 Å². The van der Waals surface area contributed by atoms with Gasteiger partial charge in [0.2, 0.25) is 5.75 Å². The van der Waals surface area contributed by atoms with Gasteiger partial charge in [-0.05, 0) is 32.9 Å². The van der Waals surface area contributed by atoms with E-state index in [9.17, 15) is 33.6 Å². The number of hydrogen-bond donors (Lipinski definition) is 1. The molecule has 0 radical (unpaired) electrons. The van der Waals surface area contributed by atoms with E-state index in [0.717, 1.165) is 0 Å². The van der Waals surface area contributed by atoms with Crippen molar-refractivity contribution in [3.63, 3.8) is 0 Å². The average Bonchev–Trinajstić information content (AvgIpc) is 3.45. The molecule has 0 aromatic heterocycles. The van der Waals surface area contributed by atoms with Crippen LogP contribution in [0.25, 0.3) is 0 Å². The smallest absolute Gasteiger partial charge is 0.338 e. The van der Waals surface area contributed by atoms with Gasteiger partial charge in [-0.25, -0.2) is 4.79 Å². The predicted molar refractivity (Wildman–Crippen MR) is 274 cm³/mol. The van der Waals surface area contributed by atoms with E-state index in [4.69, 9.17) is 99.8 Å². The van der Waals surface area contributed by atoms with Crippen molar-refractivity contribution in [2.45, 2.75) is 130 Å². The van der Waals surface area contributed by atoms with Gasteiger partial charge in [0.25, 0.3) is 0 Å². The highest BCUT2D eigenvalue weighted by molar-refractivity contribution is 5.91. The zero-order chi connectivity index (χ0) is 59.6. The van der Waals surface area contributed by atoms with Gasteiger partial charge in [-0.3, -0.25) is 28.8 Å². The standard InChI is InChI=1S/C53H82O28/c1-34(55)73-32-45-50(77-38(5)59)43(75-36(3)57)30-47(79-45)70-25-20-65-15-14-64-19-24-69-42-29-40(52(61)81-53(7,8)9)28-41(68-23-18-63-13-12-62-11-10-54)49(42)72-27-22-67-17-16-66-21-26-71-48-31-44(76-37(4)58)51(78-39(6)60)46(80-48)33-74-35(2)56/h28-29,43-48,50-51,54H,10-27,30-33H2,1-9H3/t43-,44-,45-,46-,47?,48-,50-,51-/m1/s1. The van der Waals surface area contributed by atoms with Crippen molar-refractivity contribution in [2.24, 2.45) is 0 Å². The van der Waals surface area contributed by atoms with E-state index in [-0.39, 0.29) is 168 Å². The SMILES string of the molecule is CC(=O)OC[C@H]1OC(OCCOCCOCCOc2cc(C(=O)OC(C)(C)C)cc(OCCOCCOCCO)c2OCCOCCOCCO[C@H]2C[C@@H](OC(C)=O)[C@@H](OC(C)=O)[C@@H](COC(C)=O)O2)C[C@@H](OC(C)=O)[C@H]1OC(C)=O. The van der Waals surface area contributed by atoms with Gasteiger partial charge >= 0.3 is 41.8 Å². The number of ether oxygens (including phenoxy) is 20. The maximum Gasteiger partial charge on any atom is 0.338 e. The van der Waals surface area contributed by atoms with Crippen LogP contribution in [0.1, 0.15) is 85.5 Å². The zero-order valence-corrected chi connectivity index (χ0v) is 47.8. The largest absolute Gasteiger partial charge is 0.487 e. The molecule has 2 aliphatic rings. The molecule has 1 aromatic rings. The Morgan fingerprint density at radius 2 is 0.815 bits per heavy atom. The summed E-state index contributed by atoms with van der Waals surface area (Å²) < 4.78 is 113. The first kappa shape index (κ1) is 69.7. The molecule has 81 heavy (non-hydrogen) atoms. The van der Waals surface area contributed by atoms with Gasteiger partial charge in [0.05, 0.1) is 105 Å². The van der Waals surface area contributed by atoms with Crippen molar-refractivity contribution in [2.75, 3.05) is 132 Å². The molecule has 0 aliphatic carbocycles. The molecular formula is C53H82O28. The van der Waals surface area contributed by atoms with Crippen LogP contribution >= 0.6 is 0 Å². The molecule has 0 saturated carbocycles. The molecule has 3 rings (SSSR count). The molecule has 462 valence electrons. The van der Waals surface area contributed by atoms with Crippen LogP contribution in [0.15, 0.2) is 12.1 Å². The summed E-state index contributed by atoms with van der Waals surface area (Å²) in [4.78, 5) is 83.8. The average molecular weight is 1170 g/mol. The van der Waals surface area contributed by atoms with Gasteiger partial charge in [-0.2, -0.15) is 0 Å². The Labute approximate surface area is 471 Å². The minimum atomic E-state index is -1.03. The first-order valence-electron chi connectivity index (χ1n) is 26.5. The molecule has 1 unspecified atom stereocenters. The Kier molecular flexibility index (Phi) is 33.6. The number of hydrogen-bond acceptors (Lipinski definition) is 28. The molecule has 28 heteroatoms. The molecule has 2 fully saturated rings. The summed E-state index contributed by atoms with van der Waals surface area (Å²) >= 11 is 0. The van der Waals surface area contributed by atoms with E-state index < -0.39 is 96.6 Å². The quantitative estimate of drug-likeness (QED) is 0.0558. The van der Waals surface area contributed by atoms with Crippen LogP contribution in [-0.2, 0) is 109 Å². The van der Waals surface area contributed by atoms with Gasteiger partial charge < -0.3 is 99.8 Å². The normalized spacial score (nSPS) is 20.8. The number of carbonyl (C=O) groups is 7. The second-order valence-electron chi connectivity index (χ2n) is 18.7. The Hall–Kier alpha value is -5.53. The van der Waals surface area contributed by atoms with Crippen molar-refractivity contribution < 1.29 is 133 Å². The van der Waals surface area contributed by atoms with Crippen LogP contribution in [-0.4, -0.2) is 234 Å². The fourth-order valence-electron chi connectivity index (χ4n) is 7.53. The summed E-state index contributed by atoms with van der Waals surface area (Å²) in [6.07, 6.45) is -7.60. The van der Waals surface area contributed by atoms with Gasteiger partial charge in [0.15, 0.2) is 36.3 Å². The third-order valence-corrected chi connectivity index (χ3v) is 10.6. The Balaban J connectivity index is 1.55. The fourth-order valence-corrected chi connectivity index (χ4v) is 7.53. The van der Waals surface area contributed by atoms with Crippen LogP contribution in [0.2, 0.25) is 0 Å². The van der Waals surface area contributed by atoms with Crippen LogP contribution in [0.4, 0.5) is 0 Å². The number of benzene rings is 1. The minimum absolute atomic E-state index is 0.000139.